The Kier molecular flexibility index (Phi) is 9.08. The van der Waals surface area contributed by atoms with E-state index in [4.69, 9.17) is 0 Å². The van der Waals surface area contributed by atoms with E-state index in [-0.39, 0.29) is 16.4 Å². The van der Waals surface area contributed by atoms with Gasteiger partial charge in [-0.2, -0.15) is 0 Å². The maximum absolute atomic E-state index is 12.0. The van der Waals surface area contributed by atoms with Crippen LogP contribution in [0.25, 0.3) is 0 Å². The molecule has 0 unspecified atom stereocenters. The predicted molar refractivity (Wildman–Crippen MR) is 204 cm³/mol. The summed E-state index contributed by atoms with van der Waals surface area (Å²) in [6.45, 7) is 25.2. The molecule has 1 saturated heterocycles. The number of nitrogens with one attached hydrogen (secondary N) is 1. The number of sulfone groups is 1. The molecule has 0 spiro atoms. The SMILES string of the molecule is C=C(C)[C@@H]1CC[C@]2(NCCN3CCS(=O)(=O)CC3)CC[C@]3(C)[C@H](CC[C@@H]4[C@@]5(C)CC=C(C6=CC[C@](C)(C(=O)O)CC6)C(C)(C)[C@@H]5CC[C@]43C)[C@@H]12. The smallest absolute Gasteiger partial charge is 0.309 e. The molecule has 10 atom stereocenters. The molecule has 6 nitrogen and oxygen atoms in total. The van der Waals surface area contributed by atoms with Crippen molar-refractivity contribution in [2.75, 3.05) is 37.7 Å². The van der Waals surface area contributed by atoms with Gasteiger partial charge in [0.25, 0.3) is 0 Å². The normalized spacial score (nSPS) is 46.7. The molecule has 50 heavy (non-hydrogen) atoms. The number of allylic oxidation sites excluding steroid dienone is 5. The van der Waals surface area contributed by atoms with Gasteiger partial charge in [0.15, 0.2) is 9.84 Å². The topological polar surface area (TPSA) is 86.7 Å². The van der Waals surface area contributed by atoms with E-state index in [0.717, 1.165) is 32.4 Å². The minimum absolute atomic E-state index is 0.0789. The number of nitrogens with zero attached hydrogens (tertiary/aromatic N) is 1. The second kappa shape index (κ2) is 12.3. The number of rotatable bonds is 7. The molecule has 1 aliphatic heterocycles. The summed E-state index contributed by atoms with van der Waals surface area (Å²) in [6.07, 6.45) is 18.5. The zero-order valence-corrected chi connectivity index (χ0v) is 33.3. The minimum atomic E-state index is -2.86. The lowest BCUT2D eigenvalue weighted by Crippen LogP contribution is -2.68. The van der Waals surface area contributed by atoms with Crippen LogP contribution in [0, 0.1) is 56.7 Å². The molecule has 6 aliphatic carbocycles. The third-order valence-corrected chi connectivity index (χ3v) is 19.2. The minimum Gasteiger partial charge on any atom is -0.481 e. The molecule has 0 bridgehead atoms. The van der Waals surface area contributed by atoms with Crippen molar-refractivity contribution in [3.05, 3.63) is 35.5 Å². The molecule has 0 radical (unpaired) electrons. The quantitative estimate of drug-likeness (QED) is 0.258. The maximum atomic E-state index is 12.0. The summed E-state index contributed by atoms with van der Waals surface area (Å²) in [5, 5.41) is 14.1. The molecule has 0 aromatic rings. The molecule has 2 N–H and O–H groups in total. The molecular weight excluding hydrogens is 641 g/mol. The molecule has 7 aliphatic rings. The highest BCUT2D eigenvalue weighted by atomic mass is 32.2. The van der Waals surface area contributed by atoms with Crippen molar-refractivity contribution >= 4 is 15.8 Å². The third kappa shape index (κ3) is 5.50. The molecule has 0 aromatic heterocycles. The number of hydrogen-bond acceptors (Lipinski definition) is 5. The fourth-order valence-electron chi connectivity index (χ4n) is 14.4. The summed E-state index contributed by atoms with van der Waals surface area (Å²) in [5.74, 6) is 3.15. The van der Waals surface area contributed by atoms with Gasteiger partial charge in [0.1, 0.15) is 0 Å². The lowest BCUT2D eigenvalue weighted by Gasteiger charge is -2.72. The van der Waals surface area contributed by atoms with E-state index in [1.807, 2.05) is 6.92 Å². The van der Waals surface area contributed by atoms with Gasteiger partial charge in [-0.05, 0) is 153 Å². The molecule has 0 aromatic carbocycles. The summed E-state index contributed by atoms with van der Waals surface area (Å²) in [7, 11) is -2.86. The Bertz CT molecular complexity index is 1570. The van der Waals surface area contributed by atoms with E-state index in [0.29, 0.717) is 71.4 Å². The van der Waals surface area contributed by atoms with Gasteiger partial charge in [-0.1, -0.05) is 58.9 Å². The van der Waals surface area contributed by atoms with E-state index < -0.39 is 21.2 Å². The van der Waals surface area contributed by atoms with Crippen LogP contribution in [0.3, 0.4) is 0 Å². The molecular formula is C43H68N2O4S. The summed E-state index contributed by atoms with van der Waals surface area (Å²) < 4.78 is 24.1. The van der Waals surface area contributed by atoms with Crippen molar-refractivity contribution in [3.8, 4) is 0 Å². The van der Waals surface area contributed by atoms with Gasteiger partial charge in [-0.25, -0.2) is 8.42 Å². The summed E-state index contributed by atoms with van der Waals surface area (Å²) >= 11 is 0. The van der Waals surface area contributed by atoms with Crippen molar-refractivity contribution in [2.45, 2.75) is 131 Å². The highest BCUT2D eigenvalue weighted by Crippen LogP contribution is 2.76. The Balaban J connectivity index is 1.13. The average molecular weight is 709 g/mol. The number of carboxylic acid groups (broad SMARTS) is 1. The highest BCUT2D eigenvalue weighted by molar-refractivity contribution is 7.91. The van der Waals surface area contributed by atoms with E-state index in [2.05, 4.69) is 70.5 Å². The van der Waals surface area contributed by atoms with Gasteiger partial charge in [0, 0.05) is 31.7 Å². The Morgan fingerprint density at radius 2 is 1.62 bits per heavy atom. The Labute approximate surface area is 304 Å². The van der Waals surface area contributed by atoms with Crippen molar-refractivity contribution in [1.29, 1.82) is 0 Å². The summed E-state index contributed by atoms with van der Waals surface area (Å²) in [4.78, 5) is 14.3. The molecule has 7 rings (SSSR count). The Hall–Kier alpha value is -1.44. The van der Waals surface area contributed by atoms with Crippen LogP contribution >= 0.6 is 0 Å². The van der Waals surface area contributed by atoms with Gasteiger partial charge in [-0.15, -0.1) is 0 Å². The van der Waals surface area contributed by atoms with Crippen LogP contribution in [-0.2, 0) is 14.6 Å². The van der Waals surface area contributed by atoms with Gasteiger partial charge >= 0.3 is 5.97 Å². The van der Waals surface area contributed by atoms with Crippen LogP contribution in [0.1, 0.15) is 126 Å². The molecule has 0 amide bonds. The van der Waals surface area contributed by atoms with Crippen LogP contribution in [-0.4, -0.2) is 67.6 Å². The van der Waals surface area contributed by atoms with E-state index in [9.17, 15) is 18.3 Å². The van der Waals surface area contributed by atoms with Gasteiger partial charge in [0.05, 0.1) is 16.9 Å². The molecule has 7 heteroatoms. The van der Waals surface area contributed by atoms with Crippen molar-refractivity contribution in [3.63, 3.8) is 0 Å². The van der Waals surface area contributed by atoms with Gasteiger partial charge in [0.2, 0.25) is 0 Å². The van der Waals surface area contributed by atoms with E-state index >= 15 is 0 Å². The summed E-state index contributed by atoms with van der Waals surface area (Å²) in [6, 6.07) is 0. The van der Waals surface area contributed by atoms with Gasteiger partial charge < -0.3 is 15.3 Å². The van der Waals surface area contributed by atoms with Crippen LogP contribution < -0.4 is 5.32 Å². The lowest BCUT2D eigenvalue weighted by atomic mass is 9.33. The highest BCUT2D eigenvalue weighted by Gasteiger charge is 2.70. The number of fused-ring (bicyclic) bond motifs is 7. The monoisotopic (exact) mass is 708 g/mol. The van der Waals surface area contributed by atoms with E-state index in [1.165, 1.54) is 68.1 Å². The first-order chi connectivity index (χ1) is 23.3. The zero-order chi connectivity index (χ0) is 36.1. The fourth-order valence-corrected chi connectivity index (χ4v) is 15.7. The zero-order valence-electron chi connectivity index (χ0n) is 32.5. The first-order valence-corrected chi connectivity index (χ1v) is 22.1. The Morgan fingerprint density at radius 3 is 2.26 bits per heavy atom. The Morgan fingerprint density at radius 1 is 0.900 bits per heavy atom. The molecule has 4 saturated carbocycles. The van der Waals surface area contributed by atoms with E-state index in [1.54, 1.807) is 0 Å². The van der Waals surface area contributed by atoms with Crippen LogP contribution in [0.15, 0.2) is 35.5 Å². The van der Waals surface area contributed by atoms with Crippen LogP contribution in [0.2, 0.25) is 0 Å². The van der Waals surface area contributed by atoms with Gasteiger partial charge in [-0.3, -0.25) is 4.79 Å². The lowest BCUT2D eigenvalue weighted by molar-refractivity contribution is -0.221. The fraction of sp³-hybridized carbons (Fsp3) is 0.837. The van der Waals surface area contributed by atoms with Crippen molar-refractivity contribution < 1.29 is 18.3 Å². The van der Waals surface area contributed by atoms with Crippen molar-refractivity contribution in [2.24, 2.45) is 56.7 Å². The number of aliphatic carboxylic acids is 1. The molecule has 5 fully saturated rings. The van der Waals surface area contributed by atoms with Crippen LogP contribution in [0.4, 0.5) is 0 Å². The van der Waals surface area contributed by atoms with Crippen LogP contribution in [0.5, 0.6) is 0 Å². The average Bonchev–Trinajstić information content (AvgIpc) is 3.43. The first-order valence-electron chi connectivity index (χ1n) is 20.3. The number of hydrogen-bond donors (Lipinski definition) is 2. The largest absolute Gasteiger partial charge is 0.481 e. The third-order valence-electron chi connectivity index (χ3n) is 17.6. The number of carbonyl (C=O) groups is 1. The number of carboxylic acids is 1. The second-order valence-electron chi connectivity index (χ2n) is 20.1. The maximum Gasteiger partial charge on any atom is 0.309 e. The standard InChI is InChI=1S/C43H68N2O4S/c1-29(2)31-13-20-43(44-23-24-45-25-27-50(48,49)28-26-45)22-21-41(7)33(36(31)43)9-10-35-40(6)18-14-32(30-11-16-39(5,17-12-30)37(46)47)38(3,4)34(40)15-19-42(35,41)8/h11,14,31,33-36,44H,1,9-10,12-13,15-28H2,2-8H3,(H,46,47)/t31-,33+,34-,35+,36+,39-,40-,41+,42+,43-/m0/s1. The predicted octanol–water partition coefficient (Wildman–Crippen LogP) is 8.45. The first kappa shape index (κ1) is 36.9. The molecule has 280 valence electrons. The second-order valence-corrected chi connectivity index (χ2v) is 22.4. The molecule has 1 heterocycles. The van der Waals surface area contributed by atoms with Crippen molar-refractivity contribution in [1.82, 2.24) is 10.2 Å². The summed E-state index contributed by atoms with van der Waals surface area (Å²) in [5.41, 5.74) is 4.77.